The third-order valence-corrected chi connectivity index (χ3v) is 2.92. The molecule has 1 fully saturated rings. The van der Waals surface area contributed by atoms with Gasteiger partial charge in [0, 0.05) is 10.0 Å². The number of ether oxygens (including phenoxy) is 1. The summed E-state index contributed by atoms with van der Waals surface area (Å²) in [5.41, 5.74) is 0.109. The fourth-order valence-corrected chi connectivity index (χ4v) is 2.07. The zero-order chi connectivity index (χ0) is 12.6. The minimum Gasteiger partial charge on any atom is -0.443 e. The second-order valence-electron chi connectivity index (χ2n) is 3.58. The average Bonchev–Trinajstić information content (AvgIpc) is 2.23. The SMILES string of the molecule is O=C1N[C@@H](c2ccc(Cl)cc2Cl)C(F)(F)CO1. The van der Waals surface area contributed by atoms with Gasteiger partial charge in [-0.1, -0.05) is 29.3 Å². The molecular weight excluding hydrogens is 275 g/mol. The van der Waals surface area contributed by atoms with Gasteiger partial charge in [-0.15, -0.1) is 0 Å². The number of alkyl halides is 2. The smallest absolute Gasteiger partial charge is 0.408 e. The Morgan fingerprint density at radius 2 is 2.12 bits per heavy atom. The third-order valence-electron chi connectivity index (χ3n) is 2.35. The molecule has 1 saturated heterocycles. The van der Waals surface area contributed by atoms with Crippen LogP contribution in [0.15, 0.2) is 18.2 Å². The van der Waals surface area contributed by atoms with Crippen molar-refractivity contribution in [3.63, 3.8) is 0 Å². The van der Waals surface area contributed by atoms with E-state index in [2.05, 4.69) is 4.74 Å². The number of alkyl carbamates (subject to hydrolysis) is 1. The standard InChI is InChI=1S/C10H7Cl2F2NO2/c11-5-1-2-6(7(12)3-5)8-10(13,14)4-17-9(16)15-8/h1-3,8H,4H2,(H,15,16)/t8-/m0/s1. The molecule has 1 aliphatic rings. The highest BCUT2D eigenvalue weighted by molar-refractivity contribution is 6.35. The quantitative estimate of drug-likeness (QED) is 0.857. The first-order valence-electron chi connectivity index (χ1n) is 4.66. The van der Waals surface area contributed by atoms with Gasteiger partial charge in [-0.05, 0) is 17.7 Å². The molecular formula is C10H7Cl2F2NO2. The number of hydrogen-bond donors (Lipinski definition) is 1. The van der Waals surface area contributed by atoms with E-state index in [9.17, 15) is 13.6 Å². The molecule has 1 amide bonds. The maximum atomic E-state index is 13.6. The van der Waals surface area contributed by atoms with Gasteiger partial charge in [-0.2, -0.15) is 0 Å². The molecule has 1 atom stereocenters. The molecule has 1 aromatic carbocycles. The Balaban J connectivity index is 2.39. The van der Waals surface area contributed by atoms with Crippen LogP contribution in [0, 0.1) is 0 Å². The second-order valence-corrected chi connectivity index (χ2v) is 4.42. The van der Waals surface area contributed by atoms with Gasteiger partial charge < -0.3 is 10.1 Å². The molecule has 92 valence electrons. The Bertz CT molecular complexity index is 468. The Hall–Kier alpha value is -1.07. The number of halogens is 4. The van der Waals surface area contributed by atoms with Crippen molar-refractivity contribution in [3.8, 4) is 0 Å². The van der Waals surface area contributed by atoms with Crippen molar-refractivity contribution in [1.29, 1.82) is 0 Å². The number of benzene rings is 1. The lowest BCUT2D eigenvalue weighted by atomic mass is 10.00. The predicted octanol–water partition coefficient (Wildman–Crippen LogP) is 3.41. The van der Waals surface area contributed by atoms with Crippen molar-refractivity contribution in [3.05, 3.63) is 33.8 Å². The van der Waals surface area contributed by atoms with E-state index in [1.165, 1.54) is 18.2 Å². The van der Waals surface area contributed by atoms with Gasteiger partial charge in [0.2, 0.25) is 0 Å². The van der Waals surface area contributed by atoms with Crippen LogP contribution in [-0.4, -0.2) is 18.6 Å². The summed E-state index contributed by atoms with van der Waals surface area (Å²) in [4.78, 5) is 11.0. The summed E-state index contributed by atoms with van der Waals surface area (Å²) in [6, 6.07) is 2.62. The van der Waals surface area contributed by atoms with E-state index in [0.717, 1.165) is 0 Å². The molecule has 1 aliphatic heterocycles. The highest BCUT2D eigenvalue weighted by atomic mass is 35.5. The molecule has 0 aromatic heterocycles. The number of cyclic esters (lactones) is 1. The van der Waals surface area contributed by atoms with Crippen molar-refractivity contribution in [2.24, 2.45) is 0 Å². The molecule has 7 heteroatoms. The Labute approximate surface area is 106 Å². The third kappa shape index (κ3) is 2.45. The molecule has 1 N–H and O–H groups in total. The molecule has 1 aromatic rings. The monoisotopic (exact) mass is 281 g/mol. The van der Waals surface area contributed by atoms with E-state index in [0.29, 0.717) is 5.02 Å². The van der Waals surface area contributed by atoms with E-state index in [1.54, 1.807) is 0 Å². The van der Waals surface area contributed by atoms with E-state index >= 15 is 0 Å². The van der Waals surface area contributed by atoms with Gasteiger partial charge in [-0.3, -0.25) is 0 Å². The van der Waals surface area contributed by atoms with Crippen molar-refractivity contribution in [2.45, 2.75) is 12.0 Å². The first-order valence-corrected chi connectivity index (χ1v) is 5.42. The van der Waals surface area contributed by atoms with Crippen LogP contribution >= 0.6 is 23.2 Å². The molecule has 0 bridgehead atoms. The zero-order valence-electron chi connectivity index (χ0n) is 8.34. The van der Waals surface area contributed by atoms with Crippen molar-refractivity contribution < 1.29 is 18.3 Å². The van der Waals surface area contributed by atoms with Crippen LogP contribution < -0.4 is 5.32 Å². The molecule has 0 aliphatic carbocycles. The zero-order valence-corrected chi connectivity index (χ0v) is 9.86. The summed E-state index contributed by atoms with van der Waals surface area (Å²) in [6.07, 6.45) is -0.896. The number of hydrogen-bond acceptors (Lipinski definition) is 2. The molecule has 17 heavy (non-hydrogen) atoms. The lowest BCUT2D eigenvalue weighted by Gasteiger charge is -2.32. The fourth-order valence-electron chi connectivity index (χ4n) is 1.55. The molecule has 2 rings (SSSR count). The summed E-state index contributed by atoms with van der Waals surface area (Å²) in [5, 5.41) is 2.45. The number of amides is 1. The van der Waals surface area contributed by atoms with Crippen LogP contribution in [0.2, 0.25) is 10.0 Å². The van der Waals surface area contributed by atoms with Crippen LogP contribution in [0.3, 0.4) is 0 Å². The van der Waals surface area contributed by atoms with E-state index in [1.807, 2.05) is 5.32 Å². The van der Waals surface area contributed by atoms with Crippen molar-refractivity contribution in [1.82, 2.24) is 5.32 Å². The Morgan fingerprint density at radius 1 is 1.41 bits per heavy atom. The van der Waals surface area contributed by atoms with Crippen LogP contribution in [0.25, 0.3) is 0 Å². The van der Waals surface area contributed by atoms with Gasteiger partial charge in [0.15, 0.2) is 6.61 Å². The summed E-state index contributed by atoms with van der Waals surface area (Å²) in [7, 11) is 0. The lowest BCUT2D eigenvalue weighted by molar-refractivity contribution is -0.104. The summed E-state index contributed by atoms with van der Waals surface area (Å²) in [6.45, 7) is -0.970. The van der Waals surface area contributed by atoms with Gasteiger partial charge in [-0.25, -0.2) is 13.6 Å². The normalized spacial score (nSPS) is 22.8. The highest BCUT2D eigenvalue weighted by Gasteiger charge is 2.47. The highest BCUT2D eigenvalue weighted by Crippen LogP contribution is 2.38. The topological polar surface area (TPSA) is 38.3 Å². The average molecular weight is 282 g/mol. The molecule has 1 heterocycles. The number of carbonyl (C=O) groups is 1. The first kappa shape index (κ1) is 12.4. The molecule has 0 radical (unpaired) electrons. The van der Waals surface area contributed by atoms with Crippen molar-refractivity contribution in [2.75, 3.05) is 6.61 Å². The number of nitrogens with one attached hydrogen (secondary N) is 1. The van der Waals surface area contributed by atoms with E-state index < -0.39 is 24.7 Å². The largest absolute Gasteiger partial charge is 0.443 e. The summed E-state index contributed by atoms with van der Waals surface area (Å²) in [5.74, 6) is -3.22. The van der Waals surface area contributed by atoms with Gasteiger partial charge in [0.25, 0.3) is 0 Å². The van der Waals surface area contributed by atoms with Crippen LogP contribution in [0.4, 0.5) is 13.6 Å². The molecule has 0 saturated carbocycles. The Morgan fingerprint density at radius 3 is 2.76 bits per heavy atom. The Kier molecular flexibility index (Phi) is 3.14. The van der Waals surface area contributed by atoms with Gasteiger partial charge >= 0.3 is 12.0 Å². The van der Waals surface area contributed by atoms with Crippen LogP contribution in [0.1, 0.15) is 11.6 Å². The number of rotatable bonds is 1. The van der Waals surface area contributed by atoms with Crippen molar-refractivity contribution >= 4 is 29.3 Å². The first-order chi connectivity index (χ1) is 7.90. The van der Waals surface area contributed by atoms with Gasteiger partial charge in [0.1, 0.15) is 6.04 Å². The van der Waals surface area contributed by atoms with E-state index in [4.69, 9.17) is 23.2 Å². The van der Waals surface area contributed by atoms with E-state index in [-0.39, 0.29) is 10.6 Å². The maximum absolute atomic E-state index is 13.6. The number of carbonyl (C=O) groups excluding carboxylic acids is 1. The minimum atomic E-state index is -3.22. The minimum absolute atomic E-state index is 0.0735. The summed E-state index contributed by atoms with van der Waals surface area (Å²) >= 11 is 11.5. The second kappa shape index (κ2) is 4.31. The molecule has 3 nitrogen and oxygen atoms in total. The van der Waals surface area contributed by atoms with Gasteiger partial charge in [0.05, 0.1) is 0 Å². The van der Waals surface area contributed by atoms with Crippen LogP contribution in [-0.2, 0) is 4.74 Å². The van der Waals surface area contributed by atoms with Crippen LogP contribution in [0.5, 0.6) is 0 Å². The predicted molar refractivity (Wildman–Crippen MR) is 58.6 cm³/mol. The maximum Gasteiger partial charge on any atom is 0.408 e. The summed E-state index contributed by atoms with van der Waals surface area (Å²) < 4.78 is 31.4. The molecule has 0 spiro atoms. The molecule has 0 unspecified atom stereocenters. The fraction of sp³-hybridized carbons (Fsp3) is 0.300. The lowest BCUT2D eigenvalue weighted by Crippen LogP contribution is -2.49.